The number of carbonyl (C=O) groups is 1. The average molecular weight is 332 g/mol. The molecule has 19 heavy (non-hydrogen) atoms. The summed E-state index contributed by atoms with van der Waals surface area (Å²) in [4.78, 5) is 12.0. The van der Waals surface area contributed by atoms with Crippen LogP contribution < -0.4 is 5.32 Å². The molecule has 1 aliphatic rings. The fraction of sp³-hybridized carbons (Fsp3) is 0.500. The first-order chi connectivity index (χ1) is 9.11. The van der Waals surface area contributed by atoms with Gasteiger partial charge in [0.2, 0.25) is 0 Å². The number of alkyl halides is 1. The summed E-state index contributed by atoms with van der Waals surface area (Å²) < 4.78 is 26.3. The quantitative estimate of drug-likeness (QED) is 0.841. The number of hydrogen-bond donors (Lipinski definition) is 1. The van der Waals surface area contributed by atoms with Gasteiger partial charge < -0.3 is 5.32 Å². The summed E-state index contributed by atoms with van der Waals surface area (Å²) in [5.41, 5.74) is -0.0969. The molecule has 0 aliphatic heterocycles. The van der Waals surface area contributed by atoms with Gasteiger partial charge in [0.05, 0.1) is 5.56 Å². The van der Waals surface area contributed by atoms with E-state index in [0.29, 0.717) is 5.92 Å². The highest BCUT2D eigenvalue weighted by Crippen LogP contribution is 2.26. The maximum absolute atomic E-state index is 13.5. The molecule has 0 bridgehead atoms. The van der Waals surface area contributed by atoms with Crippen LogP contribution in [0.15, 0.2) is 18.2 Å². The van der Waals surface area contributed by atoms with Crippen molar-refractivity contribution in [1.29, 1.82) is 0 Å². The van der Waals surface area contributed by atoms with Crippen LogP contribution in [0.2, 0.25) is 0 Å². The molecule has 1 saturated carbocycles. The Kier molecular flexibility index (Phi) is 4.91. The molecular formula is C14H16BrF2NO. The van der Waals surface area contributed by atoms with Gasteiger partial charge in [0.25, 0.3) is 5.91 Å². The van der Waals surface area contributed by atoms with Gasteiger partial charge in [-0.1, -0.05) is 28.8 Å². The van der Waals surface area contributed by atoms with Crippen molar-refractivity contribution in [1.82, 2.24) is 5.32 Å². The number of rotatable bonds is 3. The number of carbonyl (C=O) groups excluding carboxylic acids is 1. The van der Waals surface area contributed by atoms with Gasteiger partial charge >= 0.3 is 0 Å². The van der Waals surface area contributed by atoms with E-state index in [1.165, 1.54) is 6.07 Å². The van der Waals surface area contributed by atoms with Gasteiger partial charge in [-0.05, 0) is 30.9 Å². The Balaban J connectivity index is 2.07. The third-order valence-corrected chi connectivity index (χ3v) is 4.43. The van der Waals surface area contributed by atoms with Crippen molar-refractivity contribution in [2.75, 3.05) is 5.33 Å². The van der Waals surface area contributed by atoms with Gasteiger partial charge in [-0.15, -0.1) is 0 Å². The van der Waals surface area contributed by atoms with Gasteiger partial charge in [0.15, 0.2) is 0 Å². The molecular weight excluding hydrogens is 316 g/mol. The van der Waals surface area contributed by atoms with Crippen molar-refractivity contribution in [2.45, 2.75) is 31.7 Å². The van der Waals surface area contributed by atoms with Crippen LogP contribution >= 0.6 is 15.9 Å². The van der Waals surface area contributed by atoms with Crippen molar-refractivity contribution < 1.29 is 13.6 Å². The molecule has 2 unspecified atom stereocenters. The Morgan fingerprint density at radius 2 is 2.05 bits per heavy atom. The lowest BCUT2D eigenvalue weighted by molar-refractivity contribution is 0.0907. The summed E-state index contributed by atoms with van der Waals surface area (Å²) in [6.07, 6.45) is 4.20. The molecule has 2 atom stereocenters. The van der Waals surface area contributed by atoms with Crippen molar-refractivity contribution in [3.8, 4) is 0 Å². The normalized spacial score (nSPS) is 23.1. The van der Waals surface area contributed by atoms with Gasteiger partial charge in [-0.2, -0.15) is 0 Å². The lowest BCUT2D eigenvalue weighted by Crippen LogP contribution is -2.43. The number of halogens is 3. The average Bonchev–Trinajstić information content (AvgIpc) is 2.39. The standard InChI is InChI=1S/C14H16BrF2NO/c15-8-9-3-1-2-4-13(9)18-14(19)11-6-5-10(16)7-12(11)17/h5-7,9,13H,1-4,8H2,(H,18,19). The molecule has 2 nitrogen and oxygen atoms in total. The first-order valence-electron chi connectivity index (χ1n) is 6.43. The minimum absolute atomic E-state index is 0.0603. The third kappa shape index (κ3) is 3.53. The zero-order chi connectivity index (χ0) is 13.8. The fourth-order valence-electron chi connectivity index (χ4n) is 2.50. The van der Waals surface area contributed by atoms with Crippen LogP contribution in [0.3, 0.4) is 0 Å². The SMILES string of the molecule is O=C(NC1CCCCC1CBr)c1ccc(F)cc1F. The molecule has 0 aromatic heterocycles. The van der Waals surface area contributed by atoms with Gasteiger partial charge in [0, 0.05) is 17.4 Å². The summed E-state index contributed by atoms with van der Waals surface area (Å²) in [7, 11) is 0. The molecule has 2 rings (SSSR count). The Morgan fingerprint density at radius 3 is 2.74 bits per heavy atom. The minimum Gasteiger partial charge on any atom is -0.349 e. The van der Waals surface area contributed by atoms with Crippen molar-refractivity contribution >= 4 is 21.8 Å². The number of amides is 1. The van der Waals surface area contributed by atoms with Crippen LogP contribution in [0.5, 0.6) is 0 Å². The predicted octanol–water partition coefficient (Wildman–Crippen LogP) is 3.65. The number of nitrogens with one attached hydrogen (secondary N) is 1. The molecule has 0 saturated heterocycles. The zero-order valence-electron chi connectivity index (χ0n) is 10.5. The molecule has 1 fully saturated rings. The summed E-state index contributed by atoms with van der Waals surface area (Å²) in [5, 5.41) is 3.69. The highest BCUT2D eigenvalue weighted by molar-refractivity contribution is 9.09. The predicted molar refractivity (Wildman–Crippen MR) is 73.4 cm³/mol. The Labute approximate surface area is 119 Å². The highest BCUT2D eigenvalue weighted by atomic mass is 79.9. The number of benzene rings is 1. The molecule has 1 aliphatic carbocycles. The fourth-order valence-corrected chi connectivity index (χ4v) is 3.28. The monoisotopic (exact) mass is 331 g/mol. The van der Waals surface area contributed by atoms with Crippen LogP contribution in [0.25, 0.3) is 0 Å². The maximum atomic E-state index is 13.5. The third-order valence-electron chi connectivity index (χ3n) is 3.60. The van der Waals surface area contributed by atoms with Crippen LogP contribution in [0.1, 0.15) is 36.0 Å². The van der Waals surface area contributed by atoms with Crippen LogP contribution in [0.4, 0.5) is 8.78 Å². The molecule has 0 heterocycles. The van der Waals surface area contributed by atoms with E-state index in [0.717, 1.165) is 43.1 Å². The molecule has 104 valence electrons. The zero-order valence-corrected chi connectivity index (χ0v) is 12.1. The lowest BCUT2D eigenvalue weighted by Gasteiger charge is -2.31. The van der Waals surface area contributed by atoms with Crippen LogP contribution in [-0.4, -0.2) is 17.3 Å². The molecule has 5 heteroatoms. The summed E-state index contributed by atoms with van der Waals surface area (Å²) >= 11 is 3.45. The smallest absolute Gasteiger partial charge is 0.254 e. The number of hydrogen-bond acceptors (Lipinski definition) is 1. The molecule has 1 aromatic rings. The molecule has 0 radical (unpaired) electrons. The Morgan fingerprint density at radius 1 is 1.32 bits per heavy atom. The molecule has 1 aromatic carbocycles. The minimum atomic E-state index is -0.816. The van der Waals surface area contributed by atoms with E-state index in [1.807, 2.05) is 0 Å². The maximum Gasteiger partial charge on any atom is 0.254 e. The summed E-state index contributed by atoms with van der Waals surface area (Å²) in [6.45, 7) is 0. The van der Waals surface area contributed by atoms with Crippen molar-refractivity contribution in [2.24, 2.45) is 5.92 Å². The van der Waals surface area contributed by atoms with Gasteiger partial charge in [-0.25, -0.2) is 8.78 Å². The first-order valence-corrected chi connectivity index (χ1v) is 7.56. The topological polar surface area (TPSA) is 29.1 Å². The molecule has 1 N–H and O–H groups in total. The summed E-state index contributed by atoms with van der Waals surface area (Å²) in [6, 6.07) is 3.08. The Bertz CT molecular complexity index is 467. The lowest BCUT2D eigenvalue weighted by atomic mass is 9.86. The van der Waals surface area contributed by atoms with E-state index < -0.39 is 17.5 Å². The van der Waals surface area contributed by atoms with E-state index in [4.69, 9.17) is 0 Å². The van der Waals surface area contributed by atoms with E-state index in [-0.39, 0.29) is 11.6 Å². The van der Waals surface area contributed by atoms with E-state index in [1.54, 1.807) is 0 Å². The molecule has 1 amide bonds. The molecule has 0 spiro atoms. The van der Waals surface area contributed by atoms with E-state index >= 15 is 0 Å². The second-order valence-corrected chi connectivity index (χ2v) is 5.55. The van der Waals surface area contributed by atoms with Crippen LogP contribution in [-0.2, 0) is 0 Å². The second-order valence-electron chi connectivity index (χ2n) is 4.90. The van der Waals surface area contributed by atoms with E-state index in [2.05, 4.69) is 21.2 Å². The van der Waals surface area contributed by atoms with Gasteiger partial charge in [0.1, 0.15) is 11.6 Å². The van der Waals surface area contributed by atoms with Crippen LogP contribution in [0, 0.1) is 17.6 Å². The van der Waals surface area contributed by atoms with E-state index in [9.17, 15) is 13.6 Å². The summed E-state index contributed by atoms with van der Waals surface area (Å²) in [5.74, 6) is -1.58. The second kappa shape index (κ2) is 6.46. The first kappa shape index (κ1) is 14.4. The Hall–Kier alpha value is -0.970. The largest absolute Gasteiger partial charge is 0.349 e. The van der Waals surface area contributed by atoms with Gasteiger partial charge in [-0.3, -0.25) is 4.79 Å². The highest BCUT2D eigenvalue weighted by Gasteiger charge is 2.26. The van der Waals surface area contributed by atoms with Crippen molar-refractivity contribution in [3.63, 3.8) is 0 Å². The van der Waals surface area contributed by atoms with Crippen molar-refractivity contribution in [3.05, 3.63) is 35.4 Å².